The number of aryl methyl sites for hydroxylation is 2. The molecule has 2 heterocycles. The van der Waals surface area contributed by atoms with Gasteiger partial charge in [-0.3, -0.25) is 14.2 Å². The minimum Gasteiger partial charge on any atom is -0.359 e. The Balaban J connectivity index is 2.05. The number of hydrogen-bond donors (Lipinski definition) is 1. The molecule has 0 saturated carbocycles. The molecular weight excluding hydrogens is 310 g/mol. The number of aromatic nitrogens is 2. The number of hydrogen-bond acceptors (Lipinski definition) is 4. The first-order chi connectivity index (χ1) is 11.1. The second kappa shape index (κ2) is 6.34. The molecule has 0 spiro atoms. The van der Waals surface area contributed by atoms with E-state index in [-0.39, 0.29) is 17.9 Å². The van der Waals surface area contributed by atoms with Gasteiger partial charge in [-0.2, -0.15) is 0 Å². The lowest BCUT2D eigenvalue weighted by Crippen LogP contribution is -2.25. The van der Waals surface area contributed by atoms with E-state index in [1.165, 1.54) is 27.8 Å². The number of rotatable bonds is 4. The maximum Gasteiger partial charge on any atom is 0.262 e. The molecule has 0 saturated heterocycles. The van der Waals surface area contributed by atoms with Gasteiger partial charge in [-0.25, -0.2) is 4.98 Å². The van der Waals surface area contributed by atoms with Gasteiger partial charge in [0.2, 0.25) is 5.91 Å². The number of nitrogens with zero attached hydrogens (tertiary/aromatic N) is 2. The van der Waals surface area contributed by atoms with Crippen molar-refractivity contribution in [3.63, 3.8) is 0 Å². The fraction of sp³-hybridized carbons (Fsp3) is 0.235. The van der Waals surface area contributed by atoms with Gasteiger partial charge in [0.25, 0.3) is 5.56 Å². The van der Waals surface area contributed by atoms with E-state index in [4.69, 9.17) is 0 Å². The van der Waals surface area contributed by atoms with Gasteiger partial charge in [0, 0.05) is 31.0 Å². The molecule has 0 radical (unpaired) electrons. The van der Waals surface area contributed by atoms with E-state index < -0.39 is 0 Å². The fourth-order valence-electron chi connectivity index (χ4n) is 2.42. The number of benzene rings is 1. The summed E-state index contributed by atoms with van der Waals surface area (Å²) in [7, 11) is 1.58. The second-order valence-corrected chi connectivity index (χ2v) is 6.22. The van der Waals surface area contributed by atoms with Gasteiger partial charge in [0.15, 0.2) is 0 Å². The van der Waals surface area contributed by atoms with Crippen LogP contribution >= 0.6 is 11.3 Å². The summed E-state index contributed by atoms with van der Waals surface area (Å²) in [6, 6.07) is 8.08. The highest BCUT2D eigenvalue weighted by atomic mass is 32.1. The van der Waals surface area contributed by atoms with Crippen LogP contribution in [0.15, 0.2) is 40.8 Å². The Morgan fingerprint density at radius 1 is 1.30 bits per heavy atom. The highest BCUT2D eigenvalue weighted by molar-refractivity contribution is 7.17. The van der Waals surface area contributed by atoms with Crippen LogP contribution in [0.4, 0.5) is 0 Å². The molecule has 0 atom stereocenters. The maximum absolute atomic E-state index is 12.7. The van der Waals surface area contributed by atoms with E-state index in [0.717, 1.165) is 16.0 Å². The highest BCUT2D eigenvalue weighted by Gasteiger charge is 2.13. The second-order valence-electron chi connectivity index (χ2n) is 5.36. The summed E-state index contributed by atoms with van der Waals surface area (Å²) in [6.07, 6.45) is 1.77. The average molecular weight is 327 g/mol. The van der Waals surface area contributed by atoms with Crippen LogP contribution < -0.4 is 10.9 Å². The third-order valence-corrected chi connectivity index (χ3v) is 4.67. The van der Waals surface area contributed by atoms with Crippen molar-refractivity contribution >= 4 is 27.5 Å². The molecule has 2 aromatic heterocycles. The van der Waals surface area contributed by atoms with Crippen molar-refractivity contribution in [2.45, 2.75) is 19.9 Å². The lowest BCUT2D eigenvalue weighted by molar-refractivity contribution is -0.120. The van der Waals surface area contributed by atoms with Crippen molar-refractivity contribution in [2.24, 2.45) is 0 Å². The van der Waals surface area contributed by atoms with Crippen molar-refractivity contribution in [3.05, 3.63) is 51.9 Å². The van der Waals surface area contributed by atoms with E-state index in [2.05, 4.69) is 10.3 Å². The molecule has 0 bridgehead atoms. The molecule has 3 rings (SSSR count). The normalized spacial score (nSPS) is 10.9. The third kappa shape index (κ3) is 3.03. The molecule has 0 aliphatic carbocycles. The Kier molecular flexibility index (Phi) is 4.25. The summed E-state index contributed by atoms with van der Waals surface area (Å²) in [5.41, 5.74) is 2.98. The summed E-state index contributed by atoms with van der Waals surface area (Å²) in [5.74, 6) is -0.0962. The first kappa shape index (κ1) is 15.4. The molecule has 1 amide bonds. The molecule has 23 heavy (non-hydrogen) atoms. The molecular formula is C17H17N3O2S. The van der Waals surface area contributed by atoms with Crippen LogP contribution in [0.5, 0.6) is 0 Å². The van der Waals surface area contributed by atoms with E-state index in [9.17, 15) is 9.59 Å². The predicted molar refractivity (Wildman–Crippen MR) is 92.7 cm³/mol. The Labute approximate surface area is 137 Å². The molecule has 1 aromatic carbocycles. The summed E-state index contributed by atoms with van der Waals surface area (Å²) in [5, 5.41) is 5.15. The van der Waals surface area contributed by atoms with Gasteiger partial charge in [-0.05, 0) is 12.5 Å². The van der Waals surface area contributed by atoms with Gasteiger partial charge >= 0.3 is 0 Å². The van der Waals surface area contributed by atoms with Crippen LogP contribution in [0, 0.1) is 6.92 Å². The van der Waals surface area contributed by atoms with Crippen molar-refractivity contribution in [3.8, 4) is 11.1 Å². The summed E-state index contributed by atoms with van der Waals surface area (Å²) < 4.78 is 1.50. The number of fused-ring (bicyclic) bond motifs is 1. The zero-order valence-electron chi connectivity index (χ0n) is 13.0. The Morgan fingerprint density at radius 2 is 2.04 bits per heavy atom. The van der Waals surface area contributed by atoms with Crippen LogP contribution in [-0.2, 0) is 11.3 Å². The van der Waals surface area contributed by atoms with E-state index >= 15 is 0 Å². The highest BCUT2D eigenvalue weighted by Crippen LogP contribution is 2.30. The predicted octanol–water partition coefficient (Wildman–Crippen LogP) is 2.57. The van der Waals surface area contributed by atoms with Crippen LogP contribution in [-0.4, -0.2) is 22.5 Å². The van der Waals surface area contributed by atoms with Crippen LogP contribution in [0.2, 0.25) is 0 Å². The summed E-state index contributed by atoms with van der Waals surface area (Å²) in [4.78, 5) is 29.2. The lowest BCUT2D eigenvalue weighted by atomic mass is 10.1. The lowest BCUT2D eigenvalue weighted by Gasteiger charge is -2.06. The quantitative estimate of drug-likeness (QED) is 0.801. The molecule has 0 aliphatic rings. The molecule has 3 aromatic rings. The zero-order valence-corrected chi connectivity index (χ0v) is 13.8. The number of carbonyl (C=O) groups excluding carboxylic acids is 1. The van der Waals surface area contributed by atoms with Gasteiger partial charge in [-0.1, -0.05) is 29.8 Å². The summed E-state index contributed by atoms with van der Waals surface area (Å²) in [6.45, 7) is 2.35. The number of carbonyl (C=O) groups is 1. The van der Waals surface area contributed by atoms with Gasteiger partial charge in [0.05, 0.1) is 11.7 Å². The molecule has 5 nitrogen and oxygen atoms in total. The van der Waals surface area contributed by atoms with Gasteiger partial charge < -0.3 is 5.32 Å². The maximum atomic E-state index is 12.7. The third-order valence-electron chi connectivity index (χ3n) is 3.78. The van der Waals surface area contributed by atoms with E-state index in [0.29, 0.717) is 11.9 Å². The Morgan fingerprint density at radius 3 is 2.74 bits per heavy atom. The molecule has 0 unspecified atom stereocenters. The standard InChI is InChI=1S/C17H17N3O2S/c1-11-3-5-12(6-4-11)13-9-23-16-15(13)17(22)20(10-19-16)8-7-14(21)18-2/h3-6,9-10H,7-8H2,1-2H3,(H,18,21). The molecule has 6 heteroatoms. The first-order valence-electron chi connectivity index (χ1n) is 7.34. The first-order valence-corrected chi connectivity index (χ1v) is 8.22. The largest absolute Gasteiger partial charge is 0.359 e. The van der Waals surface area contributed by atoms with Crippen molar-refractivity contribution in [2.75, 3.05) is 7.05 Å². The topological polar surface area (TPSA) is 64.0 Å². The van der Waals surface area contributed by atoms with E-state index in [1.807, 2.05) is 36.6 Å². The monoisotopic (exact) mass is 327 g/mol. The number of amides is 1. The molecule has 118 valence electrons. The van der Waals surface area contributed by atoms with Crippen LogP contribution in [0.1, 0.15) is 12.0 Å². The van der Waals surface area contributed by atoms with Crippen molar-refractivity contribution in [1.29, 1.82) is 0 Å². The SMILES string of the molecule is CNC(=O)CCn1cnc2scc(-c3ccc(C)cc3)c2c1=O. The molecule has 0 aliphatic heterocycles. The fourth-order valence-corrected chi connectivity index (χ4v) is 3.33. The van der Waals surface area contributed by atoms with Crippen LogP contribution in [0.25, 0.3) is 21.3 Å². The smallest absolute Gasteiger partial charge is 0.262 e. The number of thiophene rings is 1. The number of nitrogens with one attached hydrogen (secondary N) is 1. The Bertz CT molecular complexity index is 910. The molecule has 1 N–H and O–H groups in total. The Hall–Kier alpha value is -2.47. The minimum absolute atomic E-state index is 0.0962. The van der Waals surface area contributed by atoms with E-state index in [1.54, 1.807) is 7.05 Å². The average Bonchev–Trinajstić information content (AvgIpc) is 2.99. The van der Waals surface area contributed by atoms with Crippen LogP contribution in [0.3, 0.4) is 0 Å². The zero-order chi connectivity index (χ0) is 16.4. The summed E-state index contributed by atoms with van der Waals surface area (Å²) >= 11 is 1.46. The van der Waals surface area contributed by atoms with Crippen molar-refractivity contribution < 1.29 is 4.79 Å². The minimum atomic E-state index is -0.101. The van der Waals surface area contributed by atoms with Gasteiger partial charge in [-0.15, -0.1) is 11.3 Å². The molecule has 0 fully saturated rings. The van der Waals surface area contributed by atoms with Crippen molar-refractivity contribution in [1.82, 2.24) is 14.9 Å². The van der Waals surface area contributed by atoms with Gasteiger partial charge in [0.1, 0.15) is 4.83 Å².